The zero-order valence-electron chi connectivity index (χ0n) is 32.6. The fraction of sp³-hybridized carbons (Fsp3) is 0.164. The van der Waals surface area contributed by atoms with Crippen LogP contribution in [0.1, 0.15) is 68.6 Å². The van der Waals surface area contributed by atoms with Crippen LogP contribution in [0.4, 0.5) is 17.1 Å². The summed E-state index contributed by atoms with van der Waals surface area (Å²) in [6, 6.07) is 64.2. The Hall–Kier alpha value is -5.96. The molecule has 0 amide bonds. The lowest BCUT2D eigenvalue weighted by atomic mass is 9.82. The molecule has 2 heteroatoms. The van der Waals surface area contributed by atoms with Gasteiger partial charge in [0.05, 0.1) is 5.69 Å². The van der Waals surface area contributed by atoms with Crippen LogP contribution in [0, 0.1) is 0 Å². The molecule has 0 radical (unpaired) electrons. The zero-order chi connectivity index (χ0) is 38.1. The molecule has 0 N–H and O–H groups in total. The monoisotopic (exact) mass is 751 g/mol. The highest BCUT2D eigenvalue weighted by Crippen LogP contribution is 2.52. The van der Waals surface area contributed by atoms with Gasteiger partial charge >= 0.3 is 0 Å². The maximum Gasteiger partial charge on any atom is 0.0546 e. The minimum atomic E-state index is -0.0583. The van der Waals surface area contributed by atoms with Crippen LogP contribution >= 0.6 is 11.3 Å². The van der Waals surface area contributed by atoms with E-state index >= 15 is 0 Å². The largest absolute Gasteiger partial charge is 0.310 e. The first-order chi connectivity index (χ1) is 28.0. The highest BCUT2D eigenvalue weighted by atomic mass is 32.1. The Bertz CT molecular complexity index is 2960. The van der Waals surface area contributed by atoms with Crippen LogP contribution in [0.5, 0.6) is 0 Å². The summed E-state index contributed by atoms with van der Waals surface area (Å²) in [6.07, 6.45) is 6.75. The van der Waals surface area contributed by atoms with Gasteiger partial charge in [-0.25, -0.2) is 0 Å². The third-order valence-electron chi connectivity index (χ3n) is 13.1. The van der Waals surface area contributed by atoms with Crippen LogP contribution in [0.3, 0.4) is 0 Å². The Morgan fingerprint density at radius 3 is 1.96 bits per heavy atom. The third-order valence-corrected chi connectivity index (χ3v) is 14.2. The lowest BCUT2D eigenvalue weighted by Gasteiger charge is -2.30. The molecule has 0 saturated heterocycles. The van der Waals surface area contributed by atoms with E-state index in [0.717, 1.165) is 11.4 Å². The van der Waals surface area contributed by atoms with Gasteiger partial charge < -0.3 is 4.90 Å². The van der Waals surface area contributed by atoms with E-state index in [0.29, 0.717) is 5.92 Å². The van der Waals surface area contributed by atoms with Crippen molar-refractivity contribution in [3.63, 3.8) is 0 Å². The molecule has 57 heavy (non-hydrogen) atoms. The predicted molar refractivity (Wildman–Crippen MR) is 246 cm³/mol. The second kappa shape index (κ2) is 13.6. The molecule has 0 atom stereocenters. The number of benzene rings is 8. The summed E-state index contributed by atoms with van der Waals surface area (Å²) in [4.78, 5) is 2.50. The Balaban J connectivity index is 1.09. The van der Waals surface area contributed by atoms with Gasteiger partial charge in [0.25, 0.3) is 0 Å². The van der Waals surface area contributed by atoms with Crippen molar-refractivity contribution in [1.29, 1.82) is 0 Å². The molecule has 0 aliphatic heterocycles. The van der Waals surface area contributed by atoms with Crippen molar-refractivity contribution in [2.24, 2.45) is 0 Å². The number of thiophene rings is 1. The summed E-state index contributed by atoms with van der Waals surface area (Å²) < 4.78 is 2.64. The van der Waals surface area contributed by atoms with E-state index in [4.69, 9.17) is 0 Å². The lowest BCUT2D eigenvalue weighted by Crippen LogP contribution is -2.15. The van der Waals surface area contributed by atoms with Crippen molar-refractivity contribution in [2.45, 2.75) is 57.3 Å². The van der Waals surface area contributed by atoms with Gasteiger partial charge in [-0.05, 0) is 117 Å². The van der Waals surface area contributed by atoms with Crippen molar-refractivity contribution in [3.05, 3.63) is 187 Å². The van der Waals surface area contributed by atoms with Crippen molar-refractivity contribution in [1.82, 2.24) is 0 Å². The van der Waals surface area contributed by atoms with Crippen molar-refractivity contribution >= 4 is 59.3 Å². The van der Waals surface area contributed by atoms with Gasteiger partial charge in [0.15, 0.2) is 0 Å². The highest BCUT2D eigenvalue weighted by Gasteiger charge is 2.35. The molecule has 0 unspecified atom stereocenters. The summed E-state index contributed by atoms with van der Waals surface area (Å²) in [7, 11) is 0. The molecule has 1 heterocycles. The Labute approximate surface area is 339 Å². The normalized spacial score (nSPS) is 14.9. The molecule has 0 spiro atoms. The summed E-state index contributed by atoms with van der Waals surface area (Å²) in [5.41, 5.74) is 15.3. The molecule has 11 rings (SSSR count). The van der Waals surface area contributed by atoms with E-state index in [1.165, 1.54) is 119 Å². The van der Waals surface area contributed by atoms with Crippen LogP contribution in [0.15, 0.2) is 170 Å². The molecular weight excluding hydrogens is 707 g/mol. The highest BCUT2D eigenvalue weighted by molar-refractivity contribution is 7.25. The standard InChI is InChI=1S/C55H45NS/c1-55(2)49-18-10-8-16-45(49)48-35-43(30-32-50(48)55)56(42-28-24-39(25-29-42)38-22-20-37(21-23-38)36-12-4-3-5-13-36)51-33-27-40-14-6-7-15-44(40)54(51)41-26-31-47-46-17-9-11-19-52(46)57-53(47)34-41/h6-11,14-36H,3-5,12-13H2,1-2H3. The number of rotatable bonds is 6. The fourth-order valence-electron chi connectivity index (χ4n) is 10.1. The van der Waals surface area contributed by atoms with Crippen LogP contribution in [0.25, 0.3) is 64.3 Å². The second-order valence-corrected chi connectivity index (χ2v) is 17.8. The number of nitrogens with zero attached hydrogens (tertiary/aromatic N) is 1. The van der Waals surface area contributed by atoms with Gasteiger partial charge in [0.1, 0.15) is 0 Å². The van der Waals surface area contributed by atoms with Crippen molar-refractivity contribution < 1.29 is 0 Å². The molecule has 1 fully saturated rings. The van der Waals surface area contributed by atoms with E-state index in [2.05, 4.69) is 189 Å². The molecule has 9 aromatic rings. The molecule has 276 valence electrons. The Morgan fingerprint density at radius 2 is 1.14 bits per heavy atom. The van der Waals surface area contributed by atoms with E-state index in [9.17, 15) is 0 Å². The fourth-order valence-corrected chi connectivity index (χ4v) is 11.2. The van der Waals surface area contributed by atoms with Crippen LogP contribution in [-0.2, 0) is 5.41 Å². The number of hydrogen-bond acceptors (Lipinski definition) is 2. The number of anilines is 3. The second-order valence-electron chi connectivity index (χ2n) is 16.7. The molecule has 8 aromatic carbocycles. The molecular formula is C55H45NS. The number of fused-ring (bicyclic) bond motifs is 7. The first-order valence-corrected chi connectivity index (χ1v) is 21.5. The van der Waals surface area contributed by atoms with Gasteiger partial charge in [-0.1, -0.05) is 161 Å². The summed E-state index contributed by atoms with van der Waals surface area (Å²) in [6.45, 7) is 4.72. The average Bonchev–Trinajstić information content (AvgIpc) is 3.75. The smallest absolute Gasteiger partial charge is 0.0546 e. The Morgan fingerprint density at radius 1 is 0.491 bits per heavy atom. The van der Waals surface area contributed by atoms with Crippen LogP contribution in [-0.4, -0.2) is 0 Å². The summed E-state index contributed by atoms with van der Waals surface area (Å²) in [5.74, 6) is 0.712. The topological polar surface area (TPSA) is 3.24 Å². The van der Waals surface area contributed by atoms with Crippen molar-refractivity contribution in [2.75, 3.05) is 4.90 Å². The summed E-state index contributed by atoms with van der Waals surface area (Å²) in [5, 5.41) is 5.14. The minimum Gasteiger partial charge on any atom is -0.310 e. The summed E-state index contributed by atoms with van der Waals surface area (Å²) >= 11 is 1.88. The van der Waals surface area contributed by atoms with Crippen LogP contribution in [0.2, 0.25) is 0 Å². The van der Waals surface area contributed by atoms with Gasteiger partial charge in [0.2, 0.25) is 0 Å². The molecule has 1 nitrogen and oxygen atoms in total. The van der Waals surface area contributed by atoms with E-state index in [1.807, 2.05) is 11.3 Å². The van der Waals surface area contributed by atoms with Gasteiger partial charge in [-0.15, -0.1) is 11.3 Å². The maximum absolute atomic E-state index is 2.50. The lowest BCUT2D eigenvalue weighted by molar-refractivity contribution is 0.443. The van der Waals surface area contributed by atoms with Crippen molar-refractivity contribution in [3.8, 4) is 33.4 Å². The van der Waals surface area contributed by atoms with Gasteiger partial charge in [-0.2, -0.15) is 0 Å². The predicted octanol–water partition coefficient (Wildman–Crippen LogP) is 16.4. The number of hydrogen-bond donors (Lipinski definition) is 0. The first-order valence-electron chi connectivity index (χ1n) is 20.7. The van der Waals surface area contributed by atoms with E-state index in [1.54, 1.807) is 0 Å². The molecule has 1 aromatic heterocycles. The quantitative estimate of drug-likeness (QED) is 0.164. The molecule has 1 saturated carbocycles. The van der Waals surface area contributed by atoms with Gasteiger partial charge in [0, 0.05) is 42.5 Å². The average molecular weight is 752 g/mol. The maximum atomic E-state index is 2.50. The first kappa shape index (κ1) is 34.3. The molecule has 2 aliphatic rings. The zero-order valence-corrected chi connectivity index (χ0v) is 33.5. The van der Waals surface area contributed by atoms with E-state index in [-0.39, 0.29) is 5.41 Å². The van der Waals surface area contributed by atoms with Gasteiger partial charge in [-0.3, -0.25) is 0 Å². The SMILES string of the molecule is CC1(C)c2ccccc2-c2cc(N(c3ccc(-c4ccc(C5CCCCC5)cc4)cc3)c3ccc4ccccc4c3-c3ccc4c(c3)sc3ccccc34)ccc21. The molecule has 0 bridgehead atoms. The van der Waals surface area contributed by atoms with Crippen LogP contribution < -0.4 is 4.90 Å². The third kappa shape index (κ3) is 5.72. The Kier molecular flexibility index (Phi) is 8.19. The molecule has 2 aliphatic carbocycles. The minimum absolute atomic E-state index is 0.0583. The van der Waals surface area contributed by atoms with E-state index < -0.39 is 0 Å².